The predicted molar refractivity (Wildman–Crippen MR) is 74.7 cm³/mol. The maximum atomic E-state index is 5.91. The summed E-state index contributed by atoms with van der Waals surface area (Å²) in [6, 6.07) is 11.6. The molecule has 19 heavy (non-hydrogen) atoms. The Morgan fingerprint density at radius 3 is 2.53 bits per heavy atom. The molecule has 0 unspecified atom stereocenters. The molecular weight excluding hydrogens is 262 g/mol. The van der Waals surface area contributed by atoms with Gasteiger partial charge in [-0.05, 0) is 19.1 Å². The van der Waals surface area contributed by atoms with Crippen LogP contribution in [0.5, 0.6) is 5.88 Å². The lowest BCUT2D eigenvalue weighted by atomic mass is 10.1. The topological polar surface area (TPSA) is 39.4 Å². The normalized spacial score (nSPS) is 10.9. The molecule has 2 heterocycles. The third-order valence-electron chi connectivity index (χ3n) is 2.92. The molecule has 5 heteroatoms. The van der Waals surface area contributed by atoms with E-state index in [4.69, 9.17) is 16.3 Å². The van der Waals surface area contributed by atoms with Gasteiger partial charge in [-0.1, -0.05) is 41.4 Å². The molecule has 3 rings (SSSR count). The number of fused-ring (bicyclic) bond motifs is 1. The number of rotatable bonds is 2. The Bertz CT molecular complexity index is 734. The molecule has 0 atom stereocenters. The Hall–Kier alpha value is -2.07. The molecule has 0 saturated carbocycles. The van der Waals surface area contributed by atoms with Crippen molar-refractivity contribution in [3.05, 3.63) is 47.1 Å². The van der Waals surface area contributed by atoms with E-state index in [9.17, 15) is 0 Å². The van der Waals surface area contributed by atoms with Gasteiger partial charge in [0.05, 0.1) is 7.11 Å². The fraction of sp³-hybridized carbons (Fsp3) is 0.143. The van der Waals surface area contributed by atoms with Gasteiger partial charge in [0.1, 0.15) is 10.8 Å². The molecule has 2 aromatic heterocycles. The summed E-state index contributed by atoms with van der Waals surface area (Å²) in [5.74, 6) is 0.585. The van der Waals surface area contributed by atoms with E-state index in [1.54, 1.807) is 17.7 Å². The van der Waals surface area contributed by atoms with E-state index in [-0.39, 0.29) is 0 Å². The number of methoxy groups -OCH3 is 1. The van der Waals surface area contributed by atoms with E-state index < -0.39 is 0 Å². The summed E-state index contributed by atoms with van der Waals surface area (Å²) >= 11 is 5.91. The van der Waals surface area contributed by atoms with Crippen molar-refractivity contribution in [3.63, 3.8) is 0 Å². The molecule has 0 spiro atoms. The van der Waals surface area contributed by atoms with Gasteiger partial charge in [-0.2, -0.15) is 9.61 Å². The van der Waals surface area contributed by atoms with Crippen molar-refractivity contribution in [1.82, 2.24) is 14.6 Å². The summed E-state index contributed by atoms with van der Waals surface area (Å²) in [7, 11) is 1.60. The van der Waals surface area contributed by atoms with Crippen LogP contribution < -0.4 is 4.74 Å². The maximum absolute atomic E-state index is 5.91. The quantitative estimate of drug-likeness (QED) is 0.719. The summed E-state index contributed by atoms with van der Waals surface area (Å²) < 4.78 is 7.03. The van der Waals surface area contributed by atoms with Crippen molar-refractivity contribution >= 4 is 17.2 Å². The van der Waals surface area contributed by atoms with Gasteiger partial charge in [0.2, 0.25) is 5.88 Å². The number of ether oxygens (including phenoxy) is 1. The molecular formula is C14H12ClN3O. The van der Waals surface area contributed by atoms with Crippen LogP contribution >= 0.6 is 11.6 Å². The van der Waals surface area contributed by atoms with Crippen LogP contribution in [0.2, 0.25) is 5.15 Å². The molecule has 3 aromatic rings. The largest absolute Gasteiger partial charge is 0.479 e. The van der Waals surface area contributed by atoms with Crippen molar-refractivity contribution in [3.8, 4) is 17.1 Å². The molecule has 96 valence electrons. The Morgan fingerprint density at radius 2 is 1.84 bits per heavy atom. The minimum Gasteiger partial charge on any atom is -0.479 e. The minimum atomic E-state index is 0.402. The standard InChI is InChI=1S/C14H12ClN3O/c1-9-3-5-10(6-4-9)13-14(19-2)18-12(16-13)8-7-11(15)17-18/h3-8H,1-2H3. The van der Waals surface area contributed by atoms with Crippen molar-refractivity contribution in [2.24, 2.45) is 0 Å². The van der Waals surface area contributed by atoms with Crippen LogP contribution in [0, 0.1) is 6.92 Å². The first-order valence-corrected chi connectivity index (χ1v) is 6.23. The second-order valence-corrected chi connectivity index (χ2v) is 4.65. The number of benzene rings is 1. The van der Waals surface area contributed by atoms with Crippen LogP contribution in [-0.4, -0.2) is 21.7 Å². The van der Waals surface area contributed by atoms with E-state index in [0.717, 1.165) is 11.3 Å². The molecule has 1 aromatic carbocycles. The predicted octanol–water partition coefficient (Wildman–Crippen LogP) is 3.37. The van der Waals surface area contributed by atoms with Gasteiger partial charge in [0, 0.05) is 5.56 Å². The fourth-order valence-corrected chi connectivity index (χ4v) is 2.11. The van der Waals surface area contributed by atoms with E-state index in [1.165, 1.54) is 5.56 Å². The Kier molecular flexibility index (Phi) is 2.87. The molecule has 0 aliphatic heterocycles. The van der Waals surface area contributed by atoms with Gasteiger partial charge in [-0.25, -0.2) is 4.98 Å². The smallest absolute Gasteiger partial charge is 0.243 e. The van der Waals surface area contributed by atoms with Crippen molar-refractivity contribution in [2.75, 3.05) is 7.11 Å². The highest BCUT2D eigenvalue weighted by Crippen LogP contribution is 2.30. The first-order valence-electron chi connectivity index (χ1n) is 5.85. The van der Waals surface area contributed by atoms with E-state index >= 15 is 0 Å². The molecule has 4 nitrogen and oxygen atoms in total. The Balaban J connectivity index is 2.25. The van der Waals surface area contributed by atoms with Crippen LogP contribution in [0.25, 0.3) is 16.9 Å². The number of hydrogen-bond donors (Lipinski definition) is 0. The summed E-state index contributed by atoms with van der Waals surface area (Å²) in [5, 5.41) is 4.61. The van der Waals surface area contributed by atoms with Crippen LogP contribution in [0.3, 0.4) is 0 Å². The molecule has 0 fully saturated rings. The number of hydrogen-bond acceptors (Lipinski definition) is 3. The summed E-state index contributed by atoms with van der Waals surface area (Å²) in [6.45, 7) is 2.05. The molecule has 0 radical (unpaired) electrons. The van der Waals surface area contributed by atoms with Gasteiger partial charge in [-0.3, -0.25) is 0 Å². The average Bonchev–Trinajstić information content (AvgIpc) is 2.77. The first-order chi connectivity index (χ1) is 9.19. The third-order valence-corrected chi connectivity index (χ3v) is 3.12. The van der Waals surface area contributed by atoms with Crippen molar-refractivity contribution in [1.29, 1.82) is 0 Å². The highest BCUT2D eigenvalue weighted by atomic mass is 35.5. The van der Waals surface area contributed by atoms with Crippen LogP contribution in [0.4, 0.5) is 0 Å². The van der Waals surface area contributed by atoms with E-state index in [1.807, 2.05) is 37.3 Å². The summed E-state index contributed by atoms with van der Waals surface area (Å²) in [6.07, 6.45) is 0. The zero-order valence-corrected chi connectivity index (χ0v) is 11.3. The third kappa shape index (κ3) is 2.04. The second-order valence-electron chi connectivity index (χ2n) is 4.26. The second kappa shape index (κ2) is 4.55. The lowest BCUT2D eigenvalue weighted by Gasteiger charge is -2.03. The molecule has 0 bridgehead atoms. The molecule has 0 amide bonds. The number of halogens is 1. The number of nitrogens with zero attached hydrogens (tertiary/aromatic N) is 3. The summed E-state index contributed by atoms with van der Waals surface area (Å²) in [4.78, 5) is 4.54. The average molecular weight is 274 g/mol. The minimum absolute atomic E-state index is 0.402. The SMILES string of the molecule is COc1c(-c2ccc(C)cc2)nc2ccc(Cl)nn12. The van der Waals surface area contributed by atoms with Crippen LogP contribution in [0.1, 0.15) is 5.56 Å². The lowest BCUT2D eigenvalue weighted by molar-refractivity contribution is 0.389. The van der Waals surface area contributed by atoms with Gasteiger partial charge in [0.15, 0.2) is 5.65 Å². The van der Waals surface area contributed by atoms with E-state index in [0.29, 0.717) is 16.7 Å². The number of aromatic nitrogens is 3. The highest BCUT2D eigenvalue weighted by molar-refractivity contribution is 6.29. The lowest BCUT2D eigenvalue weighted by Crippen LogP contribution is -1.95. The Labute approximate surface area is 115 Å². The van der Waals surface area contributed by atoms with Crippen molar-refractivity contribution in [2.45, 2.75) is 6.92 Å². The monoisotopic (exact) mass is 273 g/mol. The van der Waals surface area contributed by atoms with Gasteiger partial charge in [0.25, 0.3) is 0 Å². The van der Waals surface area contributed by atoms with Crippen molar-refractivity contribution < 1.29 is 4.74 Å². The van der Waals surface area contributed by atoms with Gasteiger partial charge < -0.3 is 4.74 Å². The molecule has 0 aliphatic rings. The van der Waals surface area contributed by atoms with Crippen LogP contribution in [0.15, 0.2) is 36.4 Å². The van der Waals surface area contributed by atoms with Gasteiger partial charge in [-0.15, -0.1) is 0 Å². The highest BCUT2D eigenvalue weighted by Gasteiger charge is 2.15. The molecule has 0 aliphatic carbocycles. The molecule has 0 N–H and O–H groups in total. The number of aryl methyl sites for hydroxylation is 1. The van der Waals surface area contributed by atoms with E-state index in [2.05, 4.69) is 10.1 Å². The van der Waals surface area contributed by atoms with Crippen LogP contribution in [-0.2, 0) is 0 Å². The summed E-state index contributed by atoms with van der Waals surface area (Å²) in [5.41, 5.74) is 3.66. The fourth-order valence-electron chi connectivity index (χ4n) is 1.97. The Morgan fingerprint density at radius 1 is 1.11 bits per heavy atom. The first kappa shape index (κ1) is 12.0. The number of imidazole rings is 1. The zero-order chi connectivity index (χ0) is 13.4. The molecule has 0 saturated heterocycles. The zero-order valence-electron chi connectivity index (χ0n) is 10.6. The van der Waals surface area contributed by atoms with Gasteiger partial charge >= 0.3 is 0 Å². The maximum Gasteiger partial charge on any atom is 0.243 e.